The van der Waals surface area contributed by atoms with E-state index >= 15 is 0 Å². The number of rotatable bonds is 2. The first-order valence-corrected chi connectivity index (χ1v) is 5.38. The molecule has 0 fully saturated rings. The van der Waals surface area contributed by atoms with Crippen molar-refractivity contribution in [1.82, 2.24) is 9.88 Å². The molecule has 0 aromatic carbocycles. The van der Waals surface area contributed by atoms with E-state index in [9.17, 15) is 10.1 Å². The van der Waals surface area contributed by atoms with Gasteiger partial charge in [-0.05, 0) is 6.92 Å². The summed E-state index contributed by atoms with van der Waals surface area (Å²) in [6, 6.07) is 0. The van der Waals surface area contributed by atoms with Crippen LogP contribution < -0.4 is 5.73 Å². The predicted molar refractivity (Wildman–Crippen MR) is 64.8 cm³/mol. The van der Waals surface area contributed by atoms with E-state index in [1.54, 1.807) is 20.3 Å². The van der Waals surface area contributed by atoms with Crippen molar-refractivity contribution >= 4 is 22.9 Å². The molecule has 16 heavy (non-hydrogen) atoms. The van der Waals surface area contributed by atoms with Gasteiger partial charge in [-0.15, -0.1) is 11.3 Å². The molecule has 1 aromatic heterocycles. The maximum atomic E-state index is 9.74. The van der Waals surface area contributed by atoms with E-state index < -0.39 is 4.92 Å². The van der Waals surface area contributed by atoms with Crippen molar-refractivity contribution < 1.29 is 4.92 Å². The van der Waals surface area contributed by atoms with Crippen LogP contribution in [0.3, 0.4) is 0 Å². The molecule has 0 bridgehead atoms. The van der Waals surface area contributed by atoms with Crippen molar-refractivity contribution in [3.63, 3.8) is 0 Å². The van der Waals surface area contributed by atoms with Gasteiger partial charge in [0.15, 0.2) is 10.3 Å². The van der Waals surface area contributed by atoms with Crippen molar-refractivity contribution in [2.45, 2.75) is 6.92 Å². The summed E-state index contributed by atoms with van der Waals surface area (Å²) in [5, 5.41) is 9.74. The molecule has 6 nitrogen and oxygen atoms in total. The third kappa shape index (κ3) is 7.02. The second kappa shape index (κ2) is 7.02. The molecule has 0 saturated heterocycles. The number of aryl methyl sites for hydroxylation is 1. The summed E-state index contributed by atoms with van der Waals surface area (Å²) in [6.45, 7) is 1.98. The summed E-state index contributed by atoms with van der Waals surface area (Å²) >= 11 is 6.96. The molecule has 0 aliphatic rings. The number of nitrogens with zero attached hydrogens (tertiary/aromatic N) is 3. The van der Waals surface area contributed by atoms with Crippen LogP contribution in [0.25, 0.3) is 0 Å². The molecule has 8 heteroatoms. The molecular formula is C8H13ClN4O2S. The van der Waals surface area contributed by atoms with Crippen LogP contribution in [0.5, 0.6) is 0 Å². The Hall–Kier alpha value is -1.34. The zero-order valence-electron chi connectivity index (χ0n) is 9.18. The minimum atomic E-state index is -0.588. The summed E-state index contributed by atoms with van der Waals surface area (Å²) in [5.41, 5.74) is 5.16. The van der Waals surface area contributed by atoms with E-state index in [0.717, 1.165) is 11.1 Å². The highest BCUT2D eigenvalue weighted by molar-refractivity contribution is 7.15. The number of nitrogens with two attached hydrogens (primary N) is 1. The fraction of sp³-hybridized carbons (Fsp3) is 0.375. The number of halogens is 1. The van der Waals surface area contributed by atoms with E-state index in [1.165, 1.54) is 16.2 Å². The topological polar surface area (TPSA) is 85.3 Å². The molecule has 0 unspecified atom stereocenters. The van der Waals surface area contributed by atoms with Crippen LogP contribution in [0, 0.1) is 17.0 Å². The van der Waals surface area contributed by atoms with Crippen LogP contribution >= 0.6 is 22.9 Å². The number of aromatic nitrogens is 1. The lowest BCUT2D eigenvalue weighted by Gasteiger charge is -2.07. The van der Waals surface area contributed by atoms with Gasteiger partial charge < -0.3 is 10.6 Å². The third-order valence-corrected chi connectivity index (χ3v) is 2.38. The van der Waals surface area contributed by atoms with Gasteiger partial charge in [0.25, 0.3) is 6.20 Å². The highest BCUT2D eigenvalue weighted by Crippen LogP contribution is 2.15. The molecule has 0 aliphatic heterocycles. The Labute approximate surface area is 102 Å². The molecule has 0 radical (unpaired) electrons. The lowest BCUT2D eigenvalue weighted by atomic mass is 10.7. The average Bonchev–Trinajstić information content (AvgIpc) is 2.49. The Morgan fingerprint density at radius 1 is 1.75 bits per heavy atom. The second-order valence-electron chi connectivity index (χ2n) is 2.96. The van der Waals surface area contributed by atoms with Crippen LogP contribution in [-0.4, -0.2) is 28.9 Å². The van der Waals surface area contributed by atoms with Crippen molar-refractivity contribution in [3.05, 3.63) is 37.7 Å². The fourth-order valence-electron chi connectivity index (χ4n) is 0.551. The first-order chi connectivity index (χ1) is 7.32. The van der Waals surface area contributed by atoms with Gasteiger partial charge in [-0.2, -0.15) is 0 Å². The standard InChI is InChI=1S/C4H4ClNS.C4H9N3O2/c1-3-2-6-4(5)7-3;1-6(2)4(5)3-7(8)9/h2H,1H3;3H,5H2,1-2H3. The smallest absolute Gasteiger partial charge is 0.274 e. The van der Waals surface area contributed by atoms with E-state index in [4.69, 9.17) is 17.3 Å². The fourth-order valence-corrected chi connectivity index (χ4v) is 1.44. The molecular weight excluding hydrogens is 252 g/mol. The summed E-state index contributed by atoms with van der Waals surface area (Å²) < 4.78 is 0.623. The normalized spacial score (nSPS) is 10.4. The number of thiazole rings is 1. The minimum Gasteiger partial charge on any atom is -0.380 e. The van der Waals surface area contributed by atoms with Gasteiger partial charge >= 0.3 is 0 Å². The van der Waals surface area contributed by atoms with Gasteiger partial charge in [0.05, 0.1) is 4.92 Å². The highest BCUT2D eigenvalue weighted by atomic mass is 35.5. The maximum Gasteiger partial charge on any atom is 0.274 e. The monoisotopic (exact) mass is 264 g/mol. The number of nitro groups is 1. The average molecular weight is 265 g/mol. The SMILES string of the molecule is CN(C)C(N)=C[N+](=O)[O-].Cc1cnc(Cl)s1. The first kappa shape index (κ1) is 14.7. The molecule has 0 spiro atoms. The molecule has 2 N–H and O–H groups in total. The Bertz CT molecular complexity index is 361. The molecule has 1 aromatic rings. The van der Waals surface area contributed by atoms with Gasteiger partial charge in [-0.3, -0.25) is 10.1 Å². The zero-order chi connectivity index (χ0) is 12.7. The van der Waals surface area contributed by atoms with Gasteiger partial charge in [0.1, 0.15) is 0 Å². The second-order valence-corrected chi connectivity index (χ2v) is 4.77. The Balaban J connectivity index is 0.000000288. The van der Waals surface area contributed by atoms with Crippen molar-refractivity contribution in [1.29, 1.82) is 0 Å². The number of hydrogen-bond acceptors (Lipinski definition) is 6. The quantitative estimate of drug-likeness (QED) is 0.649. The van der Waals surface area contributed by atoms with E-state index in [1.807, 2.05) is 6.92 Å². The van der Waals surface area contributed by atoms with E-state index in [2.05, 4.69) is 4.98 Å². The molecule has 0 aliphatic carbocycles. The summed E-state index contributed by atoms with van der Waals surface area (Å²) in [6.07, 6.45) is 2.51. The van der Waals surface area contributed by atoms with E-state index in [-0.39, 0.29) is 5.82 Å². The lowest BCUT2D eigenvalue weighted by molar-refractivity contribution is -0.404. The van der Waals surface area contributed by atoms with E-state index in [0.29, 0.717) is 4.47 Å². The van der Waals surface area contributed by atoms with Crippen molar-refractivity contribution in [2.24, 2.45) is 5.73 Å². The third-order valence-electron chi connectivity index (χ3n) is 1.35. The molecule has 0 saturated carbocycles. The summed E-state index contributed by atoms with van der Waals surface area (Å²) in [5.74, 6) is 0.139. The number of hydrogen-bond donors (Lipinski definition) is 1. The van der Waals surface area contributed by atoms with Gasteiger partial charge in [-0.1, -0.05) is 11.6 Å². The Kier molecular flexibility index (Phi) is 6.43. The minimum absolute atomic E-state index is 0.139. The van der Waals surface area contributed by atoms with Crippen LogP contribution in [0.15, 0.2) is 18.2 Å². The molecule has 0 amide bonds. The van der Waals surface area contributed by atoms with Crippen LogP contribution in [0.4, 0.5) is 0 Å². The largest absolute Gasteiger partial charge is 0.380 e. The Morgan fingerprint density at radius 3 is 2.44 bits per heavy atom. The predicted octanol–water partition coefficient (Wildman–Crippen LogP) is 1.69. The first-order valence-electron chi connectivity index (χ1n) is 4.19. The molecule has 1 heterocycles. The van der Waals surface area contributed by atoms with Gasteiger partial charge in [-0.25, -0.2) is 4.98 Å². The molecule has 90 valence electrons. The highest BCUT2D eigenvalue weighted by Gasteiger charge is 1.96. The summed E-state index contributed by atoms with van der Waals surface area (Å²) in [7, 11) is 3.27. The maximum absolute atomic E-state index is 9.74. The lowest BCUT2D eigenvalue weighted by Crippen LogP contribution is -2.19. The van der Waals surface area contributed by atoms with Crippen molar-refractivity contribution in [2.75, 3.05) is 14.1 Å². The zero-order valence-corrected chi connectivity index (χ0v) is 10.7. The molecule has 0 atom stereocenters. The van der Waals surface area contributed by atoms with Crippen LogP contribution in [0.2, 0.25) is 4.47 Å². The van der Waals surface area contributed by atoms with Gasteiger partial charge in [0.2, 0.25) is 0 Å². The van der Waals surface area contributed by atoms with Gasteiger partial charge in [0, 0.05) is 25.2 Å². The van der Waals surface area contributed by atoms with Crippen molar-refractivity contribution in [3.8, 4) is 0 Å². The molecule has 1 rings (SSSR count). The van der Waals surface area contributed by atoms with Crippen LogP contribution in [-0.2, 0) is 0 Å². The Morgan fingerprint density at radius 2 is 2.31 bits per heavy atom. The van der Waals surface area contributed by atoms with Crippen LogP contribution in [0.1, 0.15) is 4.88 Å². The summed E-state index contributed by atoms with van der Waals surface area (Å²) in [4.78, 5) is 15.6.